The maximum atomic E-state index is 6.01. The molecule has 1 N–H and O–H groups in total. The maximum Gasteiger partial charge on any atom is 0.138 e. The zero-order valence-electron chi connectivity index (χ0n) is 22.0. The van der Waals surface area contributed by atoms with E-state index in [-0.39, 0.29) is 0 Å². The van der Waals surface area contributed by atoms with Crippen molar-refractivity contribution in [1.29, 1.82) is 0 Å². The Morgan fingerprint density at radius 3 is 2.10 bits per heavy atom. The second-order valence-electron chi connectivity index (χ2n) is 9.76. The van der Waals surface area contributed by atoms with Crippen molar-refractivity contribution in [2.24, 2.45) is 0 Å². The average molecular weight is 512 g/mol. The highest BCUT2D eigenvalue weighted by atomic mass is 16.5. The number of rotatable bonds is 8. The summed E-state index contributed by atoms with van der Waals surface area (Å²) in [5.41, 5.74) is 9.59. The smallest absolute Gasteiger partial charge is 0.138 e. The molecule has 0 spiro atoms. The highest BCUT2D eigenvalue weighted by Crippen LogP contribution is 2.33. The molecule has 2 aromatic heterocycles. The molecule has 0 atom stereocenters. The van der Waals surface area contributed by atoms with E-state index in [1.165, 1.54) is 16.7 Å². The Kier molecular flexibility index (Phi) is 6.75. The lowest BCUT2D eigenvalue weighted by Crippen LogP contribution is -2.01. The van der Waals surface area contributed by atoms with Gasteiger partial charge in [-0.3, -0.25) is 0 Å². The third kappa shape index (κ3) is 5.65. The fraction of sp³-hybridized carbons (Fsp3) is 0.121. The van der Waals surface area contributed by atoms with Crippen LogP contribution in [0.5, 0.6) is 5.75 Å². The average Bonchev–Trinajstić information content (AvgIpc) is 3.60. The van der Waals surface area contributed by atoms with Gasteiger partial charge in [-0.1, -0.05) is 95.2 Å². The number of aromatic amines is 1. The number of benzene rings is 4. The summed E-state index contributed by atoms with van der Waals surface area (Å²) in [6, 6.07) is 35.0. The minimum atomic E-state index is 0.350. The third-order valence-electron chi connectivity index (χ3n) is 6.54. The van der Waals surface area contributed by atoms with Crippen LogP contribution in [0.4, 0.5) is 0 Å². The summed E-state index contributed by atoms with van der Waals surface area (Å²) in [4.78, 5) is 8.53. The van der Waals surface area contributed by atoms with Gasteiger partial charge in [0, 0.05) is 16.7 Å². The number of aromatic nitrogens is 5. The molecule has 6 rings (SSSR count). The van der Waals surface area contributed by atoms with E-state index in [0.29, 0.717) is 13.2 Å². The lowest BCUT2D eigenvalue weighted by molar-refractivity contribution is 0.301. The summed E-state index contributed by atoms with van der Waals surface area (Å²) in [5, 5.41) is 8.55. The Hall–Kier alpha value is -4.97. The number of imidazole rings is 1. The minimum Gasteiger partial charge on any atom is -0.487 e. The fourth-order valence-corrected chi connectivity index (χ4v) is 4.82. The quantitative estimate of drug-likeness (QED) is 0.234. The van der Waals surface area contributed by atoms with Crippen LogP contribution in [0.3, 0.4) is 0 Å². The molecular formula is C33H29N5O. The first-order chi connectivity index (χ1) is 19.1. The Labute approximate surface area is 228 Å². The zero-order valence-corrected chi connectivity index (χ0v) is 22.0. The van der Waals surface area contributed by atoms with E-state index in [9.17, 15) is 0 Å². The van der Waals surface area contributed by atoms with Crippen molar-refractivity contribution in [2.75, 3.05) is 0 Å². The van der Waals surface area contributed by atoms with E-state index in [0.717, 1.165) is 45.3 Å². The third-order valence-corrected chi connectivity index (χ3v) is 6.54. The van der Waals surface area contributed by atoms with Crippen LogP contribution >= 0.6 is 0 Å². The van der Waals surface area contributed by atoms with Crippen molar-refractivity contribution < 1.29 is 4.74 Å². The molecule has 6 heteroatoms. The van der Waals surface area contributed by atoms with Gasteiger partial charge >= 0.3 is 0 Å². The molecular weight excluding hydrogens is 482 g/mol. The van der Waals surface area contributed by atoms with Crippen molar-refractivity contribution in [3.63, 3.8) is 0 Å². The van der Waals surface area contributed by atoms with Gasteiger partial charge in [-0.2, -0.15) is 0 Å². The van der Waals surface area contributed by atoms with E-state index in [2.05, 4.69) is 71.6 Å². The Morgan fingerprint density at radius 1 is 0.744 bits per heavy atom. The molecule has 0 aliphatic rings. The van der Waals surface area contributed by atoms with E-state index in [1.54, 1.807) is 0 Å². The van der Waals surface area contributed by atoms with Crippen molar-refractivity contribution >= 4 is 0 Å². The van der Waals surface area contributed by atoms with Crippen molar-refractivity contribution in [1.82, 2.24) is 25.0 Å². The highest BCUT2D eigenvalue weighted by molar-refractivity contribution is 5.81. The van der Waals surface area contributed by atoms with Crippen molar-refractivity contribution in [3.8, 4) is 39.7 Å². The molecule has 0 unspecified atom stereocenters. The topological polar surface area (TPSA) is 68.6 Å². The summed E-state index contributed by atoms with van der Waals surface area (Å²) in [6.45, 7) is 5.25. The van der Waals surface area contributed by atoms with Crippen LogP contribution in [0.2, 0.25) is 0 Å². The Morgan fingerprint density at radius 2 is 1.41 bits per heavy atom. The summed E-state index contributed by atoms with van der Waals surface area (Å²) < 4.78 is 7.85. The van der Waals surface area contributed by atoms with Crippen LogP contribution in [0, 0.1) is 13.8 Å². The van der Waals surface area contributed by atoms with Crippen LogP contribution in [0.1, 0.15) is 22.4 Å². The molecule has 0 saturated heterocycles. The SMILES string of the molecule is Cc1cc(C)cc(Cn2cc(COc3ccc(-c4nc(-c5ccccc5)c(-c5ccccc5)[nH]4)cc3)nn2)c1. The Bertz CT molecular complexity index is 1610. The molecule has 4 aromatic carbocycles. The van der Waals surface area contributed by atoms with Crippen LogP contribution in [-0.2, 0) is 13.2 Å². The monoisotopic (exact) mass is 511 g/mol. The second kappa shape index (κ2) is 10.8. The molecule has 0 bridgehead atoms. The number of hydrogen-bond acceptors (Lipinski definition) is 4. The standard InChI is InChI=1S/C33H29N5O/c1-23-17-24(2)19-25(18-23)20-38-21-29(36-37-38)22-39-30-15-13-28(14-16-30)33-34-31(26-9-5-3-6-10-26)32(35-33)27-11-7-4-8-12-27/h3-19,21H,20,22H2,1-2H3,(H,34,35). The van der Waals surface area contributed by atoms with Crippen LogP contribution in [0.25, 0.3) is 33.9 Å². The van der Waals surface area contributed by atoms with Gasteiger partial charge in [0.15, 0.2) is 0 Å². The summed E-state index contributed by atoms with van der Waals surface area (Å²) in [6.07, 6.45) is 1.94. The summed E-state index contributed by atoms with van der Waals surface area (Å²) in [7, 11) is 0. The molecule has 0 amide bonds. The molecule has 0 fully saturated rings. The van der Waals surface area contributed by atoms with Gasteiger partial charge in [0.05, 0.1) is 24.1 Å². The van der Waals surface area contributed by atoms with E-state index in [1.807, 2.05) is 71.5 Å². The highest BCUT2D eigenvalue weighted by Gasteiger charge is 2.15. The van der Waals surface area contributed by atoms with Gasteiger partial charge in [0.1, 0.15) is 23.9 Å². The molecule has 0 aliphatic heterocycles. The number of nitrogens with one attached hydrogen (secondary N) is 1. The van der Waals surface area contributed by atoms with Crippen LogP contribution < -0.4 is 4.74 Å². The predicted octanol–water partition coefficient (Wildman–Crippen LogP) is 7.25. The van der Waals surface area contributed by atoms with Gasteiger partial charge in [-0.15, -0.1) is 5.10 Å². The number of ether oxygens (including phenoxy) is 1. The lowest BCUT2D eigenvalue weighted by atomic mass is 10.1. The summed E-state index contributed by atoms with van der Waals surface area (Å²) >= 11 is 0. The molecule has 6 nitrogen and oxygen atoms in total. The first-order valence-corrected chi connectivity index (χ1v) is 13.0. The maximum absolute atomic E-state index is 6.01. The van der Waals surface area contributed by atoms with Gasteiger partial charge in [0.2, 0.25) is 0 Å². The van der Waals surface area contributed by atoms with E-state index < -0.39 is 0 Å². The molecule has 0 radical (unpaired) electrons. The van der Waals surface area contributed by atoms with Gasteiger partial charge in [-0.25, -0.2) is 9.67 Å². The molecule has 2 heterocycles. The second-order valence-corrected chi connectivity index (χ2v) is 9.76. The fourth-order valence-electron chi connectivity index (χ4n) is 4.82. The molecule has 0 saturated carbocycles. The molecule has 6 aromatic rings. The number of H-pyrrole nitrogens is 1. The number of aryl methyl sites for hydroxylation is 2. The normalized spacial score (nSPS) is 11.0. The molecule has 39 heavy (non-hydrogen) atoms. The lowest BCUT2D eigenvalue weighted by Gasteiger charge is -2.05. The minimum absolute atomic E-state index is 0.350. The first kappa shape index (κ1) is 24.4. The molecule has 0 aliphatic carbocycles. The van der Waals surface area contributed by atoms with Crippen LogP contribution in [0.15, 0.2) is 109 Å². The predicted molar refractivity (Wildman–Crippen MR) is 154 cm³/mol. The van der Waals surface area contributed by atoms with Crippen LogP contribution in [-0.4, -0.2) is 25.0 Å². The van der Waals surface area contributed by atoms with Gasteiger partial charge in [0.25, 0.3) is 0 Å². The van der Waals surface area contributed by atoms with Gasteiger partial charge < -0.3 is 9.72 Å². The summed E-state index contributed by atoms with van der Waals surface area (Å²) in [5.74, 6) is 1.58. The largest absolute Gasteiger partial charge is 0.487 e. The Balaban J connectivity index is 1.16. The van der Waals surface area contributed by atoms with Gasteiger partial charge in [-0.05, 0) is 43.7 Å². The van der Waals surface area contributed by atoms with Crippen molar-refractivity contribution in [3.05, 3.63) is 132 Å². The number of hydrogen-bond donors (Lipinski definition) is 1. The zero-order chi connectivity index (χ0) is 26.6. The molecule has 192 valence electrons. The van der Waals surface area contributed by atoms with E-state index in [4.69, 9.17) is 9.72 Å². The van der Waals surface area contributed by atoms with Crippen molar-refractivity contribution in [2.45, 2.75) is 27.0 Å². The first-order valence-electron chi connectivity index (χ1n) is 13.0. The number of nitrogens with zero attached hydrogens (tertiary/aromatic N) is 4. The van der Waals surface area contributed by atoms with E-state index >= 15 is 0 Å².